The van der Waals surface area contributed by atoms with Crippen molar-refractivity contribution in [3.8, 4) is 5.75 Å². The topological polar surface area (TPSA) is 30.9 Å². The second kappa shape index (κ2) is 5.97. The van der Waals surface area contributed by atoms with Crippen LogP contribution in [-0.4, -0.2) is 40.5 Å². The minimum Gasteiger partial charge on any atom is -0.497 e. The third kappa shape index (κ3) is 2.84. The van der Waals surface area contributed by atoms with E-state index in [2.05, 4.69) is 30.5 Å². The van der Waals surface area contributed by atoms with E-state index in [1.807, 2.05) is 0 Å². The third-order valence-corrected chi connectivity index (χ3v) is 3.42. The number of ether oxygens (including phenoxy) is 3. The highest BCUT2D eigenvalue weighted by molar-refractivity contribution is 5.70. The summed E-state index contributed by atoms with van der Waals surface area (Å²) in [6, 6.07) is 4.12. The number of hydrogen-bond donors (Lipinski definition) is 0. The Morgan fingerprint density at radius 2 is 1.95 bits per heavy atom. The van der Waals surface area contributed by atoms with Crippen molar-refractivity contribution in [1.29, 1.82) is 0 Å². The number of methoxy groups -OCH3 is 2. The molecule has 0 unspecified atom stereocenters. The Morgan fingerprint density at radius 1 is 1.26 bits per heavy atom. The standard InChI is InChI=1S/C15H21NO3/c1-11-9-13(12(2)17-3)15(18-4)10-14(11)16-5-7-19-8-6-16/h9-10H,2,5-8H2,1,3-4H3. The van der Waals surface area contributed by atoms with Gasteiger partial charge in [0.25, 0.3) is 0 Å². The van der Waals surface area contributed by atoms with E-state index < -0.39 is 0 Å². The zero-order chi connectivity index (χ0) is 13.8. The fourth-order valence-electron chi connectivity index (χ4n) is 2.32. The van der Waals surface area contributed by atoms with Crippen LogP contribution in [-0.2, 0) is 9.47 Å². The molecule has 1 heterocycles. The van der Waals surface area contributed by atoms with Gasteiger partial charge in [0.15, 0.2) is 0 Å². The summed E-state index contributed by atoms with van der Waals surface area (Å²) in [5, 5.41) is 0. The molecule has 1 aromatic rings. The van der Waals surface area contributed by atoms with Gasteiger partial charge in [0.1, 0.15) is 11.5 Å². The van der Waals surface area contributed by atoms with Gasteiger partial charge in [-0.25, -0.2) is 0 Å². The first kappa shape index (κ1) is 13.7. The zero-order valence-electron chi connectivity index (χ0n) is 11.9. The van der Waals surface area contributed by atoms with Gasteiger partial charge in [0.05, 0.1) is 33.0 Å². The van der Waals surface area contributed by atoms with Gasteiger partial charge < -0.3 is 19.1 Å². The molecule has 19 heavy (non-hydrogen) atoms. The van der Waals surface area contributed by atoms with Gasteiger partial charge in [0.2, 0.25) is 0 Å². The Labute approximate surface area is 114 Å². The van der Waals surface area contributed by atoms with Crippen LogP contribution in [0.25, 0.3) is 5.76 Å². The van der Waals surface area contributed by atoms with Crippen molar-refractivity contribution in [2.24, 2.45) is 0 Å². The quantitative estimate of drug-likeness (QED) is 0.781. The van der Waals surface area contributed by atoms with Gasteiger partial charge in [-0.2, -0.15) is 0 Å². The molecule has 0 aliphatic carbocycles. The largest absolute Gasteiger partial charge is 0.497 e. The van der Waals surface area contributed by atoms with Crippen molar-refractivity contribution in [3.05, 3.63) is 29.8 Å². The first-order valence-corrected chi connectivity index (χ1v) is 6.42. The second-order valence-corrected chi connectivity index (χ2v) is 4.57. The predicted octanol–water partition coefficient (Wildman–Crippen LogP) is 2.46. The van der Waals surface area contributed by atoms with Gasteiger partial charge in [0, 0.05) is 24.8 Å². The molecule has 0 bridgehead atoms. The van der Waals surface area contributed by atoms with E-state index in [0.717, 1.165) is 37.6 Å². The molecule has 0 amide bonds. The monoisotopic (exact) mass is 263 g/mol. The number of aryl methyl sites for hydroxylation is 1. The molecule has 0 radical (unpaired) electrons. The van der Waals surface area contributed by atoms with E-state index >= 15 is 0 Å². The van der Waals surface area contributed by atoms with Crippen molar-refractivity contribution >= 4 is 11.4 Å². The van der Waals surface area contributed by atoms with Crippen LogP contribution in [0.4, 0.5) is 5.69 Å². The molecule has 1 aromatic carbocycles. The van der Waals surface area contributed by atoms with Crippen LogP contribution in [0.5, 0.6) is 5.75 Å². The summed E-state index contributed by atoms with van der Waals surface area (Å²) in [6.45, 7) is 9.36. The highest BCUT2D eigenvalue weighted by Crippen LogP contribution is 2.33. The van der Waals surface area contributed by atoms with Crippen molar-refractivity contribution in [3.63, 3.8) is 0 Å². The van der Waals surface area contributed by atoms with Crippen molar-refractivity contribution < 1.29 is 14.2 Å². The fourth-order valence-corrected chi connectivity index (χ4v) is 2.32. The maximum atomic E-state index is 5.46. The summed E-state index contributed by atoms with van der Waals surface area (Å²) in [5.74, 6) is 1.41. The Kier molecular flexibility index (Phi) is 4.32. The van der Waals surface area contributed by atoms with Crippen LogP contribution >= 0.6 is 0 Å². The second-order valence-electron chi connectivity index (χ2n) is 4.57. The maximum Gasteiger partial charge on any atom is 0.131 e. The Hall–Kier alpha value is -1.68. The molecule has 1 aliphatic rings. The van der Waals surface area contributed by atoms with Gasteiger partial charge in [-0.05, 0) is 18.6 Å². The predicted molar refractivity (Wildman–Crippen MR) is 76.8 cm³/mol. The van der Waals surface area contributed by atoms with Crippen LogP contribution in [0.15, 0.2) is 18.7 Å². The molecule has 1 saturated heterocycles. The van der Waals surface area contributed by atoms with E-state index in [0.29, 0.717) is 5.76 Å². The van der Waals surface area contributed by atoms with E-state index in [4.69, 9.17) is 14.2 Å². The van der Waals surface area contributed by atoms with E-state index in [-0.39, 0.29) is 0 Å². The molecule has 4 nitrogen and oxygen atoms in total. The molecule has 0 spiro atoms. The number of anilines is 1. The lowest BCUT2D eigenvalue weighted by molar-refractivity contribution is 0.122. The number of hydrogen-bond acceptors (Lipinski definition) is 4. The lowest BCUT2D eigenvalue weighted by atomic mass is 10.1. The number of benzene rings is 1. The first-order chi connectivity index (χ1) is 9.17. The Balaban J connectivity index is 2.37. The minimum absolute atomic E-state index is 0.619. The molecule has 4 heteroatoms. The summed E-state index contributed by atoms with van der Waals surface area (Å²) >= 11 is 0. The molecular weight excluding hydrogens is 242 g/mol. The Morgan fingerprint density at radius 3 is 2.53 bits per heavy atom. The normalized spacial score (nSPS) is 15.2. The molecule has 1 fully saturated rings. The number of nitrogens with zero attached hydrogens (tertiary/aromatic N) is 1. The average molecular weight is 263 g/mol. The summed E-state index contributed by atoms with van der Waals surface area (Å²) < 4.78 is 16.1. The fraction of sp³-hybridized carbons (Fsp3) is 0.467. The van der Waals surface area contributed by atoms with Crippen LogP contribution in [0.1, 0.15) is 11.1 Å². The van der Waals surface area contributed by atoms with Gasteiger partial charge >= 0.3 is 0 Å². The Bertz CT molecular complexity index is 465. The molecule has 104 valence electrons. The molecular formula is C15H21NO3. The summed E-state index contributed by atoms with van der Waals surface area (Å²) in [4.78, 5) is 2.32. The van der Waals surface area contributed by atoms with Crippen molar-refractivity contribution in [1.82, 2.24) is 0 Å². The molecule has 0 aromatic heterocycles. The summed E-state index contributed by atoms with van der Waals surface area (Å²) in [7, 11) is 3.28. The first-order valence-electron chi connectivity index (χ1n) is 6.42. The number of morpholine rings is 1. The maximum absolute atomic E-state index is 5.46. The van der Waals surface area contributed by atoms with Crippen LogP contribution < -0.4 is 9.64 Å². The van der Waals surface area contributed by atoms with Crippen LogP contribution in [0.2, 0.25) is 0 Å². The van der Waals surface area contributed by atoms with Crippen molar-refractivity contribution in [2.45, 2.75) is 6.92 Å². The molecule has 1 aliphatic heterocycles. The number of rotatable bonds is 4. The van der Waals surface area contributed by atoms with E-state index in [1.165, 1.54) is 11.3 Å². The van der Waals surface area contributed by atoms with Crippen LogP contribution in [0.3, 0.4) is 0 Å². The van der Waals surface area contributed by atoms with Crippen molar-refractivity contribution in [2.75, 3.05) is 45.4 Å². The SMILES string of the molecule is C=C(OC)c1cc(C)c(N2CCOCC2)cc1OC. The van der Waals surface area contributed by atoms with Gasteiger partial charge in [-0.3, -0.25) is 0 Å². The average Bonchev–Trinajstić information content (AvgIpc) is 2.47. The van der Waals surface area contributed by atoms with Gasteiger partial charge in [-0.15, -0.1) is 0 Å². The van der Waals surface area contributed by atoms with E-state index in [1.54, 1.807) is 14.2 Å². The molecule has 2 rings (SSSR count). The highest BCUT2D eigenvalue weighted by atomic mass is 16.5. The van der Waals surface area contributed by atoms with Crippen LogP contribution in [0, 0.1) is 6.92 Å². The summed E-state index contributed by atoms with van der Waals surface area (Å²) in [6.07, 6.45) is 0. The minimum atomic E-state index is 0.619. The third-order valence-electron chi connectivity index (χ3n) is 3.42. The molecule has 0 saturated carbocycles. The lowest BCUT2D eigenvalue weighted by Crippen LogP contribution is -2.36. The summed E-state index contributed by atoms with van der Waals surface area (Å²) in [5.41, 5.74) is 3.28. The van der Waals surface area contributed by atoms with E-state index in [9.17, 15) is 0 Å². The highest BCUT2D eigenvalue weighted by Gasteiger charge is 2.17. The zero-order valence-corrected chi connectivity index (χ0v) is 11.9. The molecule has 0 N–H and O–H groups in total. The lowest BCUT2D eigenvalue weighted by Gasteiger charge is -2.30. The van der Waals surface area contributed by atoms with Gasteiger partial charge in [-0.1, -0.05) is 6.58 Å². The molecule has 0 atom stereocenters. The smallest absolute Gasteiger partial charge is 0.131 e.